The number of aliphatic hydroxyl groups is 1. The van der Waals surface area contributed by atoms with Crippen LogP contribution in [0.15, 0.2) is 41.5 Å². The molecule has 4 aliphatic rings. The van der Waals surface area contributed by atoms with Crippen LogP contribution in [0.3, 0.4) is 0 Å². The fourth-order valence-corrected chi connectivity index (χ4v) is 7.42. The van der Waals surface area contributed by atoms with Gasteiger partial charge in [-0.2, -0.15) is 0 Å². The SMILES string of the molecule is C[C@]12CC[C@@H]3C(=C1CC[C@@H](O)C2)CC[C@]1(C)[C@@H](OC(=O)c2ccccc2)CC[C@@H]31. The molecule has 0 bridgehead atoms. The number of esters is 1. The summed E-state index contributed by atoms with van der Waals surface area (Å²) in [6.45, 7) is 4.77. The molecule has 3 saturated carbocycles. The van der Waals surface area contributed by atoms with Gasteiger partial charge in [-0.15, -0.1) is 0 Å². The fourth-order valence-electron chi connectivity index (χ4n) is 7.42. The van der Waals surface area contributed by atoms with Crippen molar-refractivity contribution < 1.29 is 14.6 Å². The van der Waals surface area contributed by atoms with Crippen LogP contribution in [0.25, 0.3) is 0 Å². The predicted molar refractivity (Wildman–Crippen MR) is 113 cm³/mol. The van der Waals surface area contributed by atoms with Gasteiger partial charge in [-0.3, -0.25) is 0 Å². The van der Waals surface area contributed by atoms with E-state index in [0.717, 1.165) is 38.5 Å². The maximum Gasteiger partial charge on any atom is 0.338 e. The maximum absolute atomic E-state index is 12.7. The summed E-state index contributed by atoms with van der Waals surface area (Å²) < 4.78 is 6.10. The van der Waals surface area contributed by atoms with Gasteiger partial charge >= 0.3 is 5.97 Å². The Morgan fingerprint density at radius 2 is 1.83 bits per heavy atom. The molecule has 5 rings (SSSR count). The van der Waals surface area contributed by atoms with E-state index in [1.807, 2.05) is 30.3 Å². The Hall–Kier alpha value is -1.61. The van der Waals surface area contributed by atoms with E-state index in [4.69, 9.17) is 4.74 Å². The van der Waals surface area contributed by atoms with Crippen LogP contribution in [0.5, 0.6) is 0 Å². The van der Waals surface area contributed by atoms with Crippen LogP contribution in [0, 0.1) is 22.7 Å². The van der Waals surface area contributed by atoms with Gasteiger partial charge in [0.15, 0.2) is 0 Å². The average Bonchev–Trinajstić information content (AvgIpc) is 3.04. The Morgan fingerprint density at radius 1 is 1.03 bits per heavy atom. The van der Waals surface area contributed by atoms with E-state index >= 15 is 0 Å². The second-order valence-electron chi connectivity index (χ2n) is 10.6. The molecule has 3 fully saturated rings. The molecule has 1 N–H and O–H groups in total. The predicted octanol–water partition coefficient (Wildman–Crippen LogP) is 5.68. The normalized spacial score (nSPS) is 41.3. The number of rotatable bonds is 2. The van der Waals surface area contributed by atoms with Crippen molar-refractivity contribution in [2.75, 3.05) is 0 Å². The monoisotopic (exact) mass is 394 g/mol. The molecular formula is C26H34O3. The molecule has 3 heteroatoms. The van der Waals surface area contributed by atoms with Crippen LogP contribution in [0.2, 0.25) is 0 Å². The molecule has 1 aromatic carbocycles. The smallest absolute Gasteiger partial charge is 0.338 e. The minimum atomic E-state index is -0.167. The average molecular weight is 395 g/mol. The maximum atomic E-state index is 12.7. The van der Waals surface area contributed by atoms with E-state index in [0.29, 0.717) is 17.4 Å². The van der Waals surface area contributed by atoms with Crippen molar-refractivity contribution in [1.29, 1.82) is 0 Å². The minimum absolute atomic E-state index is 0.0354. The van der Waals surface area contributed by atoms with Crippen molar-refractivity contribution in [2.24, 2.45) is 22.7 Å². The summed E-state index contributed by atoms with van der Waals surface area (Å²) in [4.78, 5) is 12.7. The van der Waals surface area contributed by atoms with E-state index in [-0.39, 0.29) is 29.0 Å². The van der Waals surface area contributed by atoms with Gasteiger partial charge in [0.05, 0.1) is 11.7 Å². The molecule has 0 spiro atoms. The highest BCUT2D eigenvalue weighted by molar-refractivity contribution is 5.89. The lowest BCUT2D eigenvalue weighted by Gasteiger charge is -2.53. The number of fused-ring (bicyclic) bond motifs is 4. The summed E-state index contributed by atoms with van der Waals surface area (Å²) in [6.07, 6.45) is 9.75. The first-order chi connectivity index (χ1) is 13.9. The molecule has 0 aromatic heterocycles. The number of carbonyl (C=O) groups is 1. The lowest BCUT2D eigenvalue weighted by Crippen LogP contribution is -2.46. The highest BCUT2D eigenvalue weighted by Crippen LogP contribution is 2.63. The van der Waals surface area contributed by atoms with Crippen molar-refractivity contribution in [3.8, 4) is 0 Å². The topological polar surface area (TPSA) is 46.5 Å². The van der Waals surface area contributed by atoms with Gasteiger partial charge in [0.1, 0.15) is 6.10 Å². The largest absolute Gasteiger partial charge is 0.458 e. The van der Waals surface area contributed by atoms with Crippen molar-refractivity contribution in [3.05, 3.63) is 47.0 Å². The number of carbonyl (C=O) groups excluding carboxylic acids is 1. The third-order valence-electron chi connectivity index (χ3n) is 8.98. The molecule has 0 aliphatic heterocycles. The number of aliphatic hydroxyl groups excluding tert-OH is 1. The van der Waals surface area contributed by atoms with Crippen LogP contribution < -0.4 is 0 Å². The molecule has 0 unspecified atom stereocenters. The van der Waals surface area contributed by atoms with Crippen LogP contribution >= 0.6 is 0 Å². The van der Waals surface area contributed by atoms with Crippen LogP contribution in [-0.4, -0.2) is 23.3 Å². The first kappa shape index (κ1) is 19.4. The molecule has 4 aliphatic carbocycles. The van der Waals surface area contributed by atoms with E-state index in [1.54, 1.807) is 11.1 Å². The fraction of sp³-hybridized carbons (Fsp3) is 0.654. The molecule has 156 valence electrons. The zero-order valence-electron chi connectivity index (χ0n) is 17.8. The number of allylic oxidation sites excluding steroid dienone is 2. The highest BCUT2D eigenvalue weighted by Gasteiger charge is 2.56. The third kappa shape index (κ3) is 3.08. The van der Waals surface area contributed by atoms with Crippen molar-refractivity contribution in [2.45, 2.75) is 83.8 Å². The number of hydrogen-bond donors (Lipinski definition) is 1. The van der Waals surface area contributed by atoms with E-state index in [2.05, 4.69) is 13.8 Å². The molecule has 0 radical (unpaired) electrons. The molecule has 0 amide bonds. The Morgan fingerprint density at radius 3 is 2.62 bits per heavy atom. The van der Waals surface area contributed by atoms with Crippen LogP contribution in [-0.2, 0) is 4.74 Å². The summed E-state index contributed by atoms with van der Waals surface area (Å²) >= 11 is 0. The van der Waals surface area contributed by atoms with Gasteiger partial charge in [0.2, 0.25) is 0 Å². The number of ether oxygens (including phenoxy) is 1. The summed E-state index contributed by atoms with van der Waals surface area (Å²) in [5, 5.41) is 10.2. The molecule has 6 atom stereocenters. The molecule has 1 aromatic rings. The zero-order valence-corrected chi connectivity index (χ0v) is 17.8. The minimum Gasteiger partial charge on any atom is -0.458 e. The molecule has 29 heavy (non-hydrogen) atoms. The van der Waals surface area contributed by atoms with Crippen molar-refractivity contribution in [1.82, 2.24) is 0 Å². The zero-order chi connectivity index (χ0) is 20.2. The number of hydrogen-bond acceptors (Lipinski definition) is 3. The van der Waals surface area contributed by atoms with Crippen molar-refractivity contribution in [3.63, 3.8) is 0 Å². The summed E-state index contributed by atoms with van der Waals surface area (Å²) in [5.74, 6) is 1.12. The van der Waals surface area contributed by atoms with Crippen LogP contribution in [0.4, 0.5) is 0 Å². The van der Waals surface area contributed by atoms with E-state index < -0.39 is 0 Å². The number of benzene rings is 1. The van der Waals surface area contributed by atoms with Gasteiger partial charge in [-0.1, -0.05) is 43.2 Å². The van der Waals surface area contributed by atoms with Gasteiger partial charge in [0, 0.05) is 5.41 Å². The summed E-state index contributed by atoms with van der Waals surface area (Å²) in [6, 6.07) is 9.42. The Bertz CT molecular complexity index is 828. The quantitative estimate of drug-likeness (QED) is 0.518. The molecule has 0 saturated heterocycles. The van der Waals surface area contributed by atoms with Gasteiger partial charge in [0.25, 0.3) is 0 Å². The first-order valence-corrected chi connectivity index (χ1v) is 11.6. The van der Waals surface area contributed by atoms with Crippen LogP contribution in [0.1, 0.15) is 82.0 Å². The second-order valence-corrected chi connectivity index (χ2v) is 10.6. The van der Waals surface area contributed by atoms with E-state index in [1.165, 1.54) is 19.3 Å². The Kier molecular flexibility index (Phi) is 4.66. The Labute approximate surface area is 174 Å². The summed E-state index contributed by atoms with van der Waals surface area (Å²) in [5.41, 5.74) is 4.39. The Balaban J connectivity index is 1.38. The lowest BCUT2D eigenvalue weighted by atomic mass is 9.53. The molecular weight excluding hydrogens is 360 g/mol. The van der Waals surface area contributed by atoms with Gasteiger partial charge in [-0.25, -0.2) is 4.79 Å². The second kappa shape index (κ2) is 6.97. The first-order valence-electron chi connectivity index (χ1n) is 11.6. The highest BCUT2D eigenvalue weighted by atomic mass is 16.5. The molecule has 0 heterocycles. The third-order valence-corrected chi connectivity index (χ3v) is 8.98. The van der Waals surface area contributed by atoms with Gasteiger partial charge < -0.3 is 9.84 Å². The summed E-state index contributed by atoms with van der Waals surface area (Å²) in [7, 11) is 0. The van der Waals surface area contributed by atoms with E-state index in [9.17, 15) is 9.90 Å². The lowest BCUT2D eigenvalue weighted by molar-refractivity contribution is -0.0316. The van der Waals surface area contributed by atoms with Crippen molar-refractivity contribution >= 4 is 5.97 Å². The van der Waals surface area contributed by atoms with Gasteiger partial charge in [-0.05, 0) is 87.2 Å². The molecule has 3 nitrogen and oxygen atoms in total. The standard InChI is InChI=1S/C26H34O3/c1-25-14-12-20-19(21(25)9-8-18(27)16-25)13-15-26(2)22(20)10-11-23(26)29-24(28)17-6-4-3-5-7-17/h3-7,18,20,22-23,27H,8-16H2,1-2H3/t18-,20-,22+,23+,25-,26+/m1/s1.